The normalized spacial score (nSPS) is 13.1. The summed E-state index contributed by atoms with van der Waals surface area (Å²) in [5.74, 6) is 8.39. The van der Waals surface area contributed by atoms with E-state index in [-0.39, 0.29) is 0 Å². The number of hydrogen-bond acceptors (Lipinski definition) is 0. The Balaban J connectivity index is 3.20. The monoisotopic (exact) mass is 418 g/mol. The molecule has 0 aliphatic carbocycles. The Labute approximate surface area is 192 Å². The molecule has 0 N–H and O–H groups in total. The molecule has 0 aliphatic rings. The van der Waals surface area contributed by atoms with E-state index in [1.165, 1.54) is 128 Å². The van der Waals surface area contributed by atoms with Gasteiger partial charge in [0.15, 0.2) is 0 Å². The van der Waals surface area contributed by atoms with Gasteiger partial charge >= 0.3 is 0 Å². The topological polar surface area (TPSA) is 0 Å². The van der Waals surface area contributed by atoms with Crippen molar-refractivity contribution in [3.8, 4) is 11.8 Å². The summed E-state index contributed by atoms with van der Waals surface area (Å²) in [6.45, 7) is 9.35. The first kappa shape index (κ1) is 29.6. The van der Waals surface area contributed by atoms with Crippen LogP contribution in [0.15, 0.2) is 0 Å². The Morgan fingerprint density at radius 2 is 0.833 bits per heavy atom. The van der Waals surface area contributed by atoms with Crippen LogP contribution in [-0.4, -0.2) is 0 Å². The van der Waals surface area contributed by atoms with Gasteiger partial charge in [-0.05, 0) is 24.7 Å². The Kier molecular flexibility index (Phi) is 24.5. The highest BCUT2D eigenvalue weighted by Crippen LogP contribution is 2.19. The van der Waals surface area contributed by atoms with Gasteiger partial charge in [0.2, 0.25) is 0 Å². The molecule has 0 nitrogen and oxygen atoms in total. The van der Waals surface area contributed by atoms with Crippen molar-refractivity contribution < 1.29 is 0 Å². The van der Waals surface area contributed by atoms with Crippen LogP contribution in [0.25, 0.3) is 0 Å². The molecule has 0 heterocycles. The number of rotatable bonds is 22. The Morgan fingerprint density at radius 1 is 0.433 bits per heavy atom. The summed E-state index contributed by atoms with van der Waals surface area (Å²) < 4.78 is 0. The van der Waals surface area contributed by atoms with Gasteiger partial charge < -0.3 is 0 Å². The predicted molar refractivity (Wildman–Crippen MR) is 139 cm³/mol. The molecule has 0 rings (SSSR count). The van der Waals surface area contributed by atoms with Gasteiger partial charge in [-0.25, -0.2) is 0 Å². The molecule has 30 heavy (non-hydrogen) atoms. The molecule has 0 amide bonds. The average Bonchev–Trinajstić information content (AvgIpc) is 2.74. The standard InChI is InChI=1S/C30H58/c1-5-7-9-21-25-29(3)27-23-19-17-15-13-11-12-14-16-18-20-24-28-30(4)26-22-10-8-6-2/h29-30H,5-9,11-21,23-28H2,1-4H3. The van der Waals surface area contributed by atoms with Gasteiger partial charge in [0.05, 0.1) is 0 Å². The second-order valence-electron chi connectivity index (χ2n) is 10.2. The van der Waals surface area contributed by atoms with Crippen molar-refractivity contribution in [1.82, 2.24) is 0 Å². The third kappa shape index (κ3) is 23.8. The molecule has 0 aromatic rings. The number of unbranched alkanes of at least 4 members (excludes halogenated alkanes) is 15. The zero-order valence-electron chi connectivity index (χ0n) is 21.7. The van der Waals surface area contributed by atoms with Crippen molar-refractivity contribution in [2.24, 2.45) is 11.8 Å². The molecule has 0 fully saturated rings. The van der Waals surface area contributed by atoms with Crippen LogP contribution in [0.5, 0.6) is 0 Å². The molecule has 0 aromatic carbocycles. The first-order chi connectivity index (χ1) is 14.7. The summed E-state index contributed by atoms with van der Waals surface area (Å²) in [5, 5.41) is 0. The zero-order chi connectivity index (χ0) is 22.1. The SMILES string of the molecule is CCCC#CCC(C)CCCCCCCCCCCCCCC(C)CCCCCC. The summed E-state index contributed by atoms with van der Waals surface area (Å²) in [7, 11) is 0. The largest absolute Gasteiger partial charge is 0.103 e. The van der Waals surface area contributed by atoms with E-state index in [1.807, 2.05) is 0 Å². The summed E-state index contributed by atoms with van der Waals surface area (Å²) in [6, 6.07) is 0. The smallest absolute Gasteiger partial charge is 0.0114 e. The first-order valence-electron chi connectivity index (χ1n) is 14.2. The fourth-order valence-corrected chi connectivity index (χ4v) is 4.38. The van der Waals surface area contributed by atoms with Gasteiger partial charge in [0.1, 0.15) is 0 Å². The van der Waals surface area contributed by atoms with E-state index in [4.69, 9.17) is 0 Å². The molecule has 0 bridgehead atoms. The summed E-state index contributed by atoms with van der Waals surface area (Å²) in [4.78, 5) is 0. The second kappa shape index (κ2) is 24.8. The molecular weight excluding hydrogens is 360 g/mol. The molecule has 2 unspecified atom stereocenters. The van der Waals surface area contributed by atoms with Crippen LogP contribution in [0.1, 0.15) is 169 Å². The average molecular weight is 419 g/mol. The van der Waals surface area contributed by atoms with E-state index in [0.717, 1.165) is 24.7 Å². The van der Waals surface area contributed by atoms with Gasteiger partial charge in [-0.2, -0.15) is 0 Å². The zero-order valence-corrected chi connectivity index (χ0v) is 21.7. The molecule has 0 spiro atoms. The quantitative estimate of drug-likeness (QED) is 0.121. The van der Waals surface area contributed by atoms with E-state index >= 15 is 0 Å². The van der Waals surface area contributed by atoms with E-state index in [9.17, 15) is 0 Å². The summed E-state index contributed by atoms with van der Waals surface area (Å²) in [5.41, 5.74) is 0. The van der Waals surface area contributed by atoms with Gasteiger partial charge in [0, 0.05) is 12.8 Å². The maximum atomic E-state index is 3.35. The first-order valence-corrected chi connectivity index (χ1v) is 14.2. The third-order valence-corrected chi connectivity index (χ3v) is 6.64. The molecule has 0 aromatic heterocycles. The van der Waals surface area contributed by atoms with E-state index in [1.54, 1.807) is 0 Å². The van der Waals surface area contributed by atoms with Crippen LogP contribution >= 0.6 is 0 Å². The minimum Gasteiger partial charge on any atom is -0.103 e. The van der Waals surface area contributed by atoms with Crippen molar-refractivity contribution >= 4 is 0 Å². The highest BCUT2D eigenvalue weighted by atomic mass is 14.1. The summed E-state index contributed by atoms with van der Waals surface area (Å²) >= 11 is 0. The van der Waals surface area contributed by atoms with E-state index in [0.29, 0.717) is 0 Å². The van der Waals surface area contributed by atoms with Crippen molar-refractivity contribution in [1.29, 1.82) is 0 Å². The molecule has 0 radical (unpaired) electrons. The van der Waals surface area contributed by atoms with E-state index in [2.05, 4.69) is 39.5 Å². The van der Waals surface area contributed by atoms with Gasteiger partial charge in [-0.3, -0.25) is 0 Å². The molecule has 0 heteroatoms. The van der Waals surface area contributed by atoms with E-state index < -0.39 is 0 Å². The molecular formula is C30H58. The van der Waals surface area contributed by atoms with Crippen LogP contribution in [-0.2, 0) is 0 Å². The minimum absolute atomic E-state index is 0.795. The molecule has 2 atom stereocenters. The van der Waals surface area contributed by atoms with Crippen LogP contribution in [0.4, 0.5) is 0 Å². The third-order valence-electron chi connectivity index (χ3n) is 6.64. The Hall–Kier alpha value is -0.440. The van der Waals surface area contributed by atoms with Crippen molar-refractivity contribution in [3.05, 3.63) is 0 Å². The number of hydrogen-bond donors (Lipinski definition) is 0. The van der Waals surface area contributed by atoms with Gasteiger partial charge in [-0.15, -0.1) is 11.8 Å². The van der Waals surface area contributed by atoms with Gasteiger partial charge in [-0.1, -0.05) is 143 Å². The van der Waals surface area contributed by atoms with Gasteiger partial charge in [0.25, 0.3) is 0 Å². The maximum absolute atomic E-state index is 3.35. The fraction of sp³-hybridized carbons (Fsp3) is 0.933. The van der Waals surface area contributed by atoms with Crippen molar-refractivity contribution in [2.45, 2.75) is 169 Å². The van der Waals surface area contributed by atoms with Crippen LogP contribution < -0.4 is 0 Å². The highest BCUT2D eigenvalue weighted by Gasteiger charge is 2.02. The Morgan fingerprint density at radius 3 is 1.27 bits per heavy atom. The lowest BCUT2D eigenvalue weighted by atomic mass is 9.96. The lowest BCUT2D eigenvalue weighted by Gasteiger charge is -2.10. The van der Waals surface area contributed by atoms with Crippen LogP contribution in [0, 0.1) is 23.7 Å². The van der Waals surface area contributed by atoms with Crippen LogP contribution in [0.3, 0.4) is 0 Å². The Bertz CT molecular complexity index is 371. The maximum Gasteiger partial charge on any atom is 0.0114 e. The molecule has 178 valence electrons. The predicted octanol–water partition coefficient (Wildman–Crippen LogP) is 10.9. The highest BCUT2D eigenvalue weighted by molar-refractivity contribution is 4.99. The second-order valence-corrected chi connectivity index (χ2v) is 10.2. The fourth-order valence-electron chi connectivity index (χ4n) is 4.38. The summed E-state index contributed by atoms with van der Waals surface area (Å²) in [6.07, 6.45) is 30.9. The molecule has 0 saturated carbocycles. The molecule has 0 aliphatic heterocycles. The lowest BCUT2D eigenvalue weighted by molar-refractivity contribution is 0.432. The minimum atomic E-state index is 0.795. The lowest BCUT2D eigenvalue weighted by Crippen LogP contribution is -1.95. The van der Waals surface area contributed by atoms with Crippen molar-refractivity contribution in [3.63, 3.8) is 0 Å². The molecule has 0 saturated heterocycles. The van der Waals surface area contributed by atoms with Crippen molar-refractivity contribution in [2.75, 3.05) is 0 Å². The van der Waals surface area contributed by atoms with Crippen LogP contribution in [0.2, 0.25) is 0 Å².